The molecule has 1 saturated carbocycles. The van der Waals surface area contributed by atoms with Gasteiger partial charge >= 0.3 is 0 Å². The minimum absolute atomic E-state index is 0.292. The van der Waals surface area contributed by atoms with E-state index in [4.69, 9.17) is 4.74 Å². The monoisotopic (exact) mass is 295 g/mol. The average molecular weight is 295 g/mol. The molecule has 0 radical (unpaired) electrons. The minimum Gasteiger partial charge on any atom is -0.383 e. The Morgan fingerprint density at radius 3 is 2.85 bits per heavy atom. The molecule has 0 unspecified atom stereocenters. The third-order valence-electron chi connectivity index (χ3n) is 4.06. The van der Waals surface area contributed by atoms with Gasteiger partial charge in [0.1, 0.15) is 0 Å². The zero-order valence-electron chi connectivity index (χ0n) is 12.3. The third kappa shape index (κ3) is 4.91. The van der Waals surface area contributed by atoms with Crippen molar-refractivity contribution in [3.63, 3.8) is 0 Å². The van der Waals surface area contributed by atoms with Crippen LogP contribution in [0.25, 0.3) is 0 Å². The van der Waals surface area contributed by atoms with Gasteiger partial charge in [0.2, 0.25) is 5.91 Å². The molecule has 1 fully saturated rings. The van der Waals surface area contributed by atoms with E-state index in [1.165, 1.54) is 37.7 Å². The van der Waals surface area contributed by atoms with Gasteiger partial charge in [-0.25, -0.2) is 0 Å². The van der Waals surface area contributed by atoms with Crippen LogP contribution < -0.4 is 0 Å². The molecule has 20 heavy (non-hydrogen) atoms. The highest BCUT2D eigenvalue weighted by Gasteiger charge is 2.21. The normalized spacial score (nSPS) is 16.2. The van der Waals surface area contributed by atoms with Crippen molar-refractivity contribution in [1.29, 1.82) is 0 Å². The summed E-state index contributed by atoms with van der Waals surface area (Å²) in [6.07, 6.45) is 7.09. The SMILES string of the molecule is COCCN(Cc1ccsc1)C(=O)CC1CCCCC1. The van der Waals surface area contributed by atoms with Crippen molar-refractivity contribution in [3.05, 3.63) is 22.4 Å². The van der Waals surface area contributed by atoms with Crippen LogP contribution in [0.3, 0.4) is 0 Å². The van der Waals surface area contributed by atoms with Gasteiger partial charge in [-0.15, -0.1) is 0 Å². The number of nitrogens with zero attached hydrogens (tertiary/aromatic N) is 1. The molecule has 2 rings (SSSR count). The van der Waals surface area contributed by atoms with Crippen LogP contribution in [0.4, 0.5) is 0 Å². The van der Waals surface area contributed by atoms with E-state index in [2.05, 4.69) is 16.8 Å². The summed E-state index contributed by atoms with van der Waals surface area (Å²) < 4.78 is 5.14. The lowest BCUT2D eigenvalue weighted by molar-refractivity contribution is -0.133. The molecule has 1 aromatic heterocycles. The fourth-order valence-corrected chi connectivity index (χ4v) is 3.52. The summed E-state index contributed by atoms with van der Waals surface area (Å²) in [6, 6.07) is 2.10. The number of hydrogen-bond donors (Lipinski definition) is 0. The average Bonchev–Trinajstić information content (AvgIpc) is 2.97. The van der Waals surface area contributed by atoms with Crippen LogP contribution in [0.15, 0.2) is 16.8 Å². The van der Waals surface area contributed by atoms with Crippen LogP contribution in [-0.2, 0) is 16.1 Å². The molecule has 1 aromatic rings. The quantitative estimate of drug-likeness (QED) is 0.767. The zero-order chi connectivity index (χ0) is 14.2. The van der Waals surface area contributed by atoms with Crippen molar-refractivity contribution < 1.29 is 9.53 Å². The molecule has 0 atom stereocenters. The van der Waals surface area contributed by atoms with Gasteiger partial charge in [0.05, 0.1) is 6.61 Å². The standard InChI is InChI=1S/C16H25NO2S/c1-19-9-8-17(12-15-7-10-20-13-15)16(18)11-14-5-3-2-4-6-14/h7,10,13-14H,2-6,8-9,11-12H2,1H3. The first-order chi connectivity index (χ1) is 9.79. The molecule has 0 aromatic carbocycles. The molecule has 0 spiro atoms. The number of thiophene rings is 1. The first kappa shape index (κ1) is 15.5. The predicted molar refractivity (Wildman–Crippen MR) is 82.8 cm³/mol. The molecule has 1 amide bonds. The van der Waals surface area contributed by atoms with E-state index in [0.29, 0.717) is 31.4 Å². The lowest BCUT2D eigenvalue weighted by Gasteiger charge is -2.26. The summed E-state index contributed by atoms with van der Waals surface area (Å²) in [7, 11) is 1.69. The first-order valence-corrected chi connectivity index (χ1v) is 8.51. The lowest BCUT2D eigenvalue weighted by atomic mass is 9.86. The van der Waals surface area contributed by atoms with Crippen molar-refractivity contribution in [3.8, 4) is 0 Å². The molecule has 3 nitrogen and oxygen atoms in total. The molecule has 0 aliphatic heterocycles. The maximum absolute atomic E-state index is 12.5. The molecule has 1 aliphatic rings. The van der Waals surface area contributed by atoms with E-state index in [-0.39, 0.29) is 0 Å². The Morgan fingerprint density at radius 2 is 2.20 bits per heavy atom. The van der Waals surface area contributed by atoms with E-state index >= 15 is 0 Å². The summed E-state index contributed by atoms with van der Waals surface area (Å²) in [5, 5.41) is 4.18. The smallest absolute Gasteiger partial charge is 0.223 e. The van der Waals surface area contributed by atoms with E-state index in [1.54, 1.807) is 18.4 Å². The van der Waals surface area contributed by atoms with Gasteiger partial charge in [-0.3, -0.25) is 4.79 Å². The van der Waals surface area contributed by atoms with Crippen molar-refractivity contribution in [2.24, 2.45) is 5.92 Å². The summed E-state index contributed by atoms with van der Waals surface area (Å²) in [5.41, 5.74) is 1.23. The van der Waals surface area contributed by atoms with Gasteiger partial charge in [0.15, 0.2) is 0 Å². The Morgan fingerprint density at radius 1 is 1.40 bits per heavy atom. The van der Waals surface area contributed by atoms with E-state index < -0.39 is 0 Å². The van der Waals surface area contributed by atoms with E-state index in [9.17, 15) is 4.79 Å². The van der Waals surface area contributed by atoms with Gasteiger partial charge in [0, 0.05) is 26.6 Å². The van der Waals surface area contributed by atoms with Crippen molar-refractivity contribution in [2.45, 2.75) is 45.1 Å². The second-order valence-corrected chi connectivity index (χ2v) is 6.43. The molecule has 1 aliphatic carbocycles. The van der Waals surface area contributed by atoms with Gasteiger partial charge in [-0.1, -0.05) is 19.3 Å². The number of hydrogen-bond acceptors (Lipinski definition) is 3. The molecule has 112 valence electrons. The van der Waals surface area contributed by atoms with Crippen LogP contribution >= 0.6 is 11.3 Å². The Balaban J connectivity index is 1.88. The highest BCUT2D eigenvalue weighted by Crippen LogP contribution is 2.27. The number of rotatable bonds is 7. The summed E-state index contributed by atoms with van der Waals surface area (Å²) in [5.74, 6) is 0.893. The molecule has 0 bridgehead atoms. The molecule has 0 saturated heterocycles. The number of methoxy groups -OCH3 is 1. The largest absolute Gasteiger partial charge is 0.383 e. The second kappa shape index (κ2) is 8.42. The summed E-state index contributed by atoms with van der Waals surface area (Å²) in [4.78, 5) is 14.5. The minimum atomic E-state index is 0.292. The zero-order valence-corrected chi connectivity index (χ0v) is 13.2. The Bertz CT molecular complexity index is 385. The van der Waals surface area contributed by atoms with Gasteiger partial charge in [-0.2, -0.15) is 11.3 Å². The van der Waals surface area contributed by atoms with Crippen LogP contribution in [0, 0.1) is 5.92 Å². The lowest BCUT2D eigenvalue weighted by Crippen LogP contribution is -2.34. The van der Waals surface area contributed by atoms with Crippen LogP contribution in [0.5, 0.6) is 0 Å². The van der Waals surface area contributed by atoms with Gasteiger partial charge in [0.25, 0.3) is 0 Å². The summed E-state index contributed by atoms with van der Waals surface area (Å²) in [6.45, 7) is 2.02. The highest BCUT2D eigenvalue weighted by atomic mass is 32.1. The van der Waals surface area contributed by atoms with Crippen molar-refractivity contribution in [1.82, 2.24) is 4.90 Å². The Kier molecular flexibility index (Phi) is 6.54. The number of carbonyl (C=O) groups excluding carboxylic acids is 1. The number of ether oxygens (including phenoxy) is 1. The number of amides is 1. The van der Waals surface area contributed by atoms with E-state index in [1.807, 2.05) is 4.90 Å². The predicted octanol–water partition coefficient (Wildman–Crippen LogP) is 3.69. The maximum Gasteiger partial charge on any atom is 0.223 e. The fraction of sp³-hybridized carbons (Fsp3) is 0.688. The molecular weight excluding hydrogens is 270 g/mol. The number of carbonyl (C=O) groups is 1. The van der Waals surface area contributed by atoms with Crippen LogP contribution in [0.2, 0.25) is 0 Å². The molecule has 0 N–H and O–H groups in total. The first-order valence-electron chi connectivity index (χ1n) is 7.57. The maximum atomic E-state index is 12.5. The summed E-state index contributed by atoms with van der Waals surface area (Å²) >= 11 is 1.68. The highest BCUT2D eigenvalue weighted by molar-refractivity contribution is 7.07. The van der Waals surface area contributed by atoms with Crippen LogP contribution in [-0.4, -0.2) is 31.1 Å². The molecular formula is C16H25NO2S. The second-order valence-electron chi connectivity index (χ2n) is 5.65. The van der Waals surface area contributed by atoms with Crippen LogP contribution in [0.1, 0.15) is 44.1 Å². The molecule has 1 heterocycles. The third-order valence-corrected chi connectivity index (χ3v) is 4.79. The van der Waals surface area contributed by atoms with Crippen molar-refractivity contribution in [2.75, 3.05) is 20.3 Å². The van der Waals surface area contributed by atoms with Crippen molar-refractivity contribution >= 4 is 17.2 Å². The Labute approximate surface area is 125 Å². The van der Waals surface area contributed by atoms with Gasteiger partial charge < -0.3 is 9.64 Å². The molecule has 4 heteroatoms. The Hall–Kier alpha value is -0.870. The van der Waals surface area contributed by atoms with E-state index in [0.717, 1.165) is 6.54 Å². The fourth-order valence-electron chi connectivity index (χ4n) is 2.86. The topological polar surface area (TPSA) is 29.5 Å². The van der Waals surface area contributed by atoms with Gasteiger partial charge in [-0.05, 0) is 41.1 Å².